The Hall–Kier alpha value is -2.20. The van der Waals surface area contributed by atoms with Gasteiger partial charge in [-0.25, -0.2) is 0 Å². The molecule has 0 atom stereocenters. The van der Waals surface area contributed by atoms with Crippen LogP contribution in [0.3, 0.4) is 0 Å². The molecule has 0 amide bonds. The van der Waals surface area contributed by atoms with Gasteiger partial charge >= 0.3 is 0 Å². The summed E-state index contributed by atoms with van der Waals surface area (Å²) in [5.41, 5.74) is 1.96. The number of ketones is 1. The summed E-state index contributed by atoms with van der Waals surface area (Å²) in [5.74, 6) is 0.935. The van der Waals surface area contributed by atoms with E-state index in [1.165, 1.54) is 0 Å². The topological polar surface area (TPSA) is 42.9 Å². The van der Waals surface area contributed by atoms with E-state index in [0.717, 1.165) is 32.8 Å². The van der Waals surface area contributed by atoms with Gasteiger partial charge in [-0.05, 0) is 6.92 Å². The lowest BCUT2D eigenvalue weighted by molar-refractivity contribution is -0.116. The summed E-state index contributed by atoms with van der Waals surface area (Å²) in [7, 11) is 0. The van der Waals surface area contributed by atoms with Crippen LogP contribution in [0.25, 0.3) is 22.0 Å². The van der Waals surface area contributed by atoms with Crippen molar-refractivity contribution in [1.29, 1.82) is 0 Å². The lowest BCUT2D eigenvalue weighted by atomic mass is 10.1. The van der Waals surface area contributed by atoms with Crippen molar-refractivity contribution in [3.63, 3.8) is 0 Å². The quantitative estimate of drug-likeness (QED) is 0.656. The number of Topliss-reactive ketones (excluding diaryl/α,β-unsaturated/α-hetero) is 1. The lowest BCUT2D eigenvalue weighted by Gasteiger charge is -2.08. The van der Waals surface area contributed by atoms with Crippen LogP contribution in [-0.2, 0) is 4.79 Å². The van der Waals surface area contributed by atoms with Gasteiger partial charge < -0.3 is 0 Å². The number of benzene rings is 2. The molecule has 0 radical (unpaired) electrons. The van der Waals surface area contributed by atoms with E-state index in [1.54, 1.807) is 18.7 Å². The third kappa shape index (κ3) is 3.17. The van der Waals surface area contributed by atoms with Crippen molar-refractivity contribution < 1.29 is 4.79 Å². The van der Waals surface area contributed by atoms with Gasteiger partial charge in [0, 0.05) is 28.5 Å². The molecular formula is C18H16N2OS. The predicted molar refractivity (Wildman–Crippen MR) is 91.0 cm³/mol. The molecule has 0 aliphatic carbocycles. The van der Waals surface area contributed by atoms with Gasteiger partial charge in [0.2, 0.25) is 0 Å². The van der Waals surface area contributed by atoms with Crippen LogP contribution in [0.2, 0.25) is 0 Å². The molecule has 3 aromatic rings. The minimum absolute atomic E-state index is 0.200. The number of fused-ring (bicyclic) bond motifs is 1. The summed E-state index contributed by atoms with van der Waals surface area (Å²) in [4.78, 5) is 11.1. The minimum Gasteiger partial charge on any atom is -0.300 e. The van der Waals surface area contributed by atoms with Crippen molar-refractivity contribution in [2.75, 3.05) is 5.75 Å². The molecule has 0 bridgehead atoms. The van der Waals surface area contributed by atoms with Crippen LogP contribution in [0.4, 0.5) is 0 Å². The summed E-state index contributed by atoms with van der Waals surface area (Å²) in [6, 6.07) is 18.2. The van der Waals surface area contributed by atoms with Gasteiger partial charge in [0.1, 0.15) is 16.5 Å². The molecule has 0 aliphatic rings. The number of aromatic nitrogens is 2. The predicted octanol–water partition coefficient (Wildman–Crippen LogP) is 4.37. The van der Waals surface area contributed by atoms with Crippen molar-refractivity contribution in [1.82, 2.24) is 10.2 Å². The van der Waals surface area contributed by atoms with E-state index >= 15 is 0 Å². The maximum absolute atomic E-state index is 11.1. The Balaban J connectivity index is 2.02. The molecule has 22 heavy (non-hydrogen) atoms. The Morgan fingerprint density at radius 3 is 2.36 bits per heavy atom. The fraction of sp³-hybridized carbons (Fsp3) is 0.167. The molecule has 0 N–H and O–H groups in total. The van der Waals surface area contributed by atoms with Crippen LogP contribution in [-0.4, -0.2) is 21.7 Å². The fourth-order valence-electron chi connectivity index (χ4n) is 2.29. The normalized spacial score (nSPS) is 10.8. The lowest BCUT2D eigenvalue weighted by Crippen LogP contribution is -1.96. The van der Waals surface area contributed by atoms with Gasteiger partial charge in [0.15, 0.2) is 0 Å². The van der Waals surface area contributed by atoms with E-state index in [2.05, 4.69) is 22.3 Å². The standard InChI is InChI=1S/C18H16N2OS/c1-13(21)11-12-22-18-16-10-6-5-9-15(16)17(19-20-18)14-7-3-2-4-8-14/h2-10H,11-12H2,1H3. The first kappa shape index (κ1) is 14.7. The average molecular weight is 308 g/mol. The van der Waals surface area contributed by atoms with Crippen LogP contribution in [0.15, 0.2) is 59.6 Å². The highest BCUT2D eigenvalue weighted by Crippen LogP contribution is 2.31. The third-order valence-corrected chi connectivity index (χ3v) is 4.38. The van der Waals surface area contributed by atoms with E-state index in [0.29, 0.717) is 6.42 Å². The monoisotopic (exact) mass is 308 g/mol. The molecule has 0 saturated carbocycles. The molecule has 0 aliphatic heterocycles. The van der Waals surface area contributed by atoms with Crippen molar-refractivity contribution >= 4 is 28.3 Å². The molecule has 0 fully saturated rings. The second-order valence-corrected chi connectivity index (χ2v) is 6.15. The molecular weight excluding hydrogens is 292 g/mol. The van der Waals surface area contributed by atoms with Gasteiger partial charge in [0.05, 0.1) is 0 Å². The number of nitrogens with zero attached hydrogens (tertiary/aromatic N) is 2. The van der Waals surface area contributed by atoms with Gasteiger partial charge in [0.25, 0.3) is 0 Å². The zero-order chi connectivity index (χ0) is 15.4. The largest absolute Gasteiger partial charge is 0.300 e. The summed E-state index contributed by atoms with van der Waals surface area (Å²) < 4.78 is 0. The van der Waals surface area contributed by atoms with Crippen molar-refractivity contribution in [2.45, 2.75) is 18.4 Å². The van der Waals surface area contributed by atoms with Crippen molar-refractivity contribution in [3.8, 4) is 11.3 Å². The van der Waals surface area contributed by atoms with Gasteiger partial charge in [-0.3, -0.25) is 4.79 Å². The summed E-state index contributed by atoms with van der Waals surface area (Å²) in [5, 5.41) is 11.9. The van der Waals surface area contributed by atoms with E-state index in [4.69, 9.17) is 0 Å². The molecule has 1 heterocycles. The average Bonchev–Trinajstić information content (AvgIpc) is 2.55. The first-order chi connectivity index (χ1) is 10.8. The molecule has 0 saturated heterocycles. The van der Waals surface area contributed by atoms with E-state index in [9.17, 15) is 4.79 Å². The molecule has 110 valence electrons. The highest BCUT2D eigenvalue weighted by Gasteiger charge is 2.11. The van der Waals surface area contributed by atoms with Crippen LogP contribution in [0, 0.1) is 0 Å². The summed E-state index contributed by atoms with van der Waals surface area (Å²) >= 11 is 1.59. The molecule has 4 heteroatoms. The van der Waals surface area contributed by atoms with Crippen molar-refractivity contribution in [2.24, 2.45) is 0 Å². The third-order valence-electron chi connectivity index (χ3n) is 3.39. The molecule has 0 spiro atoms. The molecule has 0 unspecified atom stereocenters. The van der Waals surface area contributed by atoms with E-state index in [1.807, 2.05) is 42.5 Å². The van der Waals surface area contributed by atoms with Crippen LogP contribution < -0.4 is 0 Å². The number of carbonyl (C=O) groups is 1. The summed E-state index contributed by atoms with van der Waals surface area (Å²) in [6.07, 6.45) is 0.557. The van der Waals surface area contributed by atoms with E-state index < -0.39 is 0 Å². The maximum Gasteiger partial charge on any atom is 0.130 e. The zero-order valence-corrected chi connectivity index (χ0v) is 13.1. The smallest absolute Gasteiger partial charge is 0.130 e. The highest BCUT2D eigenvalue weighted by atomic mass is 32.2. The van der Waals surface area contributed by atoms with Crippen LogP contribution in [0.5, 0.6) is 0 Å². The molecule has 3 nitrogen and oxygen atoms in total. The van der Waals surface area contributed by atoms with E-state index in [-0.39, 0.29) is 5.78 Å². The SMILES string of the molecule is CC(=O)CCSc1nnc(-c2ccccc2)c2ccccc12. The molecule has 1 aromatic heterocycles. The number of rotatable bonds is 5. The first-order valence-electron chi connectivity index (χ1n) is 7.19. The van der Waals surface area contributed by atoms with Crippen LogP contribution >= 0.6 is 11.8 Å². The van der Waals surface area contributed by atoms with Gasteiger partial charge in [-0.2, -0.15) is 0 Å². The minimum atomic E-state index is 0.200. The Labute approximate surface area is 133 Å². The number of hydrogen-bond acceptors (Lipinski definition) is 4. The fourth-order valence-corrected chi connectivity index (χ4v) is 3.30. The molecule has 2 aromatic carbocycles. The number of thioether (sulfide) groups is 1. The summed E-state index contributed by atoms with van der Waals surface area (Å²) in [6.45, 7) is 1.61. The maximum atomic E-state index is 11.1. The Bertz CT molecular complexity index is 803. The Kier molecular flexibility index (Phi) is 4.49. The Morgan fingerprint density at radius 1 is 0.955 bits per heavy atom. The first-order valence-corrected chi connectivity index (χ1v) is 8.17. The Morgan fingerprint density at radius 2 is 1.64 bits per heavy atom. The van der Waals surface area contributed by atoms with Gasteiger partial charge in [-0.1, -0.05) is 54.6 Å². The highest BCUT2D eigenvalue weighted by molar-refractivity contribution is 7.99. The second kappa shape index (κ2) is 6.71. The zero-order valence-electron chi connectivity index (χ0n) is 12.3. The van der Waals surface area contributed by atoms with Crippen molar-refractivity contribution in [3.05, 3.63) is 54.6 Å². The second-order valence-electron chi connectivity index (χ2n) is 5.07. The van der Waals surface area contributed by atoms with Gasteiger partial charge in [-0.15, -0.1) is 22.0 Å². The number of carbonyl (C=O) groups excluding carboxylic acids is 1. The van der Waals surface area contributed by atoms with Crippen LogP contribution in [0.1, 0.15) is 13.3 Å². The molecule has 3 rings (SSSR count). The number of hydrogen-bond donors (Lipinski definition) is 0.